The van der Waals surface area contributed by atoms with Gasteiger partial charge in [-0.1, -0.05) is 32.9 Å². The summed E-state index contributed by atoms with van der Waals surface area (Å²) >= 11 is 0. The molecule has 4 rings (SSSR count). The van der Waals surface area contributed by atoms with Crippen molar-refractivity contribution in [3.05, 3.63) is 53.3 Å². The Morgan fingerprint density at radius 3 is 2.73 bits per heavy atom. The summed E-state index contributed by atoms with van der Waals surface area (Å²) in [4.78, 5) is 0. The lowest BCUT2D eigenvalue weighted by atomic mass is 9.77. The molecule has 1 fully saturated rings. The first kappa shape index (κ1) is 17.5. The zero-order valence-electron chi connectivity index (χ0n) is 16.6. The normalized spacial score (nSPS) is 25.2. The maximum atomic E-state index is 6.34. The third-order valence-electron chi connectivity index (χ3n) is 5.84. The Labute approximate surface area is 157 Å². The number of nitrogens with zero attached hydrogens (tertiary/aromatic N) is 2. The molecule has 0 bridgehead atoms. The lowest BCUT2D eigenvalue weighted by Gasteiger charge is -2.44. The fraction of sp³-hybridized carbons (Fsp3) is 0.545. The number of ether oxygens (including phenoxy) is 1. The van der Waals surface area contributed by atoms with Crippen molar-refractivity contribution in [1.82, 2.24) is 4.68 Å². The van der Waals surface area contributed by atoms with E-state index in [2.05, 4.69) is 86.4 Å². The first-order valence-electron chi connectivity index (χ1n) is 9.73. The van der Waals surface area contributed by atoms with Crippen molar-refractivity contribution in [2.24, 2.45) is 5.92 Å². The van der Waals surface area contributed by atoms with Crippen LogP contribution in [0.5, 0.6) is 0 Å². The van der Waals surface area contributed by atoms with Gasteiger partial charge in [0.1, 0.15) is 0 Å². The van der Waals surface area contributed by atoms with Crippen LogP contribution < -0.4 is 10.3 Å². The Morgan fingerprint density at radius 2 is 2.00 bits per heavy atom. The van der Waals surface area contributed by atoms with Crippen LogP contribution in [0.15, 0.2) is 36.5 Å². The third-order valence-corrected chi connectivity index (χ3v) is 5.84. The van der Waals surface area contributed by atoms with Gasteiger partial charge < -0.3 is 15.1 Å². The molecule has 4 heteroatoms. The van der Waals surface area contributed by atoms with Gasteiger partial charge in [-0.15, -0.1) is 0 Å². The fourth-order valence-electron chi connectivity index (χ4n) is 4.43. The standard InChI is InChI=1S/C22H31N3O/c1-22(2,3)15-10-11-18-17(14-15)21-16(8-7-13-26-21)20(23-18)19-9-6-12-25(19)24(4)5/h6,9-12,14,16,20-21,23H,7-8,13H2,1-5H3. The van der Waals surface area contributed by atoms with E-state index in [1.54, 1.807) is 0 Å². The molecule has 26 heavy (non-hydrogen) atoms. The summed E-state index contributed by atoms with van der Waals surface area (Å²) in [5.41, 5.74) is 5.39. The molecule has 2 aliphatic rings. The summed E-state index contributed by atoms with van der Waals surface area (Å²) in [6, 6.07) is 11.5. The number of nitrogens with one attached hydrogen (secondary N) is 1. The van der Waals surface area contributed by atoms with Crippen LogP contribution in [0.2, 0.25) is 0 Å². The van der Waals surface area contributed by atoms with Crippen LogP contribution in [0.1, 0.15) is 62.6 Å². The van der Waals surface area contributed by atoms with Gasteiger partial charge in [-0.25, -0.2) is 0 Å². The molecule has 3 unspecified atom stereocenters. The maximum Gasteiger partial charge on any atom is 0.0896 e. The minimum absolute atomic E-state index is 0.148. The van der Waals surface area contributed by atoms with E-state index in [4.69, 9.17) is 4.74 Å². The van der Waals surface area contributed by atoms with Crippen molar-refractivity contribution in [3.63, 3.8) is 0 Å². The number of anilines is 1. The minimum atomic E-state index is 0.148. The maximum absolute atomic E-state index is 6.34. The molecule has 2 aliphatic heterocycles. The highest BCUT2D eigenvalue weighted by atomic mass is 16.5. The van der Waals surface area contributed by atoms with E-state index in [1.165, 1.54) is 28.9 Å². The second-order valence-corrected chi connectivity index (χ2v) is 8.90. The smallest absolute Gasteiger partial charge is 0.0896 e. The van der Waals surface area contributed by atoms with Crippen LogP contribution >= 0.6 is 0 Å². The predicted octanol–water partition coefficient (Wildman–Crippen LogP) is 4.62. The molecular formula is C22H31N3O. The number of aromatic nitrogens is 1. The molecular weight excluding hydrogens is 322 g/mol. The highest BCUT2D eigenvalue weighted by Gasteiger charge is 2.41. The molecule has 0 amide bonds. The molecule has 0 saturated carbocycles. The van der Waals surface area contributed by atoms with Gasteiger partial charge in [0.05, 0.1) is 17.8 Å². The molecule has 140 valence electrons. The average molecular weight is 354 g/mol. The highest BCUT2D eigenvalue weighted by molar-refractivity contribution is 5.58. The lowest BCUT2D eigenvalue weighted by molar-refractivity contribution is -0.0389. The van der Waals surface area contributed by atoms with Crippen LogP contribution in [-0.4, -0.2) is 25.4 Å². The fourth-order valence-corrected chi connectivity index (χ4v) is 4.43. The SMILES string of the molecule is CN(C)n1cccc1C1Nc2ccc(C(C)(C)C)cc2C2OCCCC12. The van der Waals surface area contributed by atoms with Crippen molar-refractivity contribution in [3.8, 4) is 0 Å². The van der Waals surface area contributed by atoms with E-state index in [0.717, 1.165) is 13.0 Å². The molecule has 0 spiro atoms. The highest BCUT2D eigenvalue weighted by Crippen LogP contribution is 2.49. The van der Waals surface area contributed by atoms with E-state index >= 15 is 0 Å². The van der Waals surface area contributed by atoms with E-state index in [1.807, 2.05) is 0 Å². The molecule has 1 saturated heterocycles. The van der Waals surface area contributed by atoms with Crippen LogP contribution in [0.3, 0.4) is 0 Å². The molecule has 3 atom stereocenters. The Kier molecular flexibility index (Phi) is 4.26. The topological polar surface area (TPSA) is 29.4 Å². The van der Waals surface area contributed by atoms with Crippen molar-refractivity contribution < 1.29 is 4.74 Å². The first-order chi connectivity index (χ1) is 12.4. The van der Waals surface area contributed by atoms with Gasteiger partial charge in [-0.3, -0.25) is 4.68 Å². The van der Waals surface area contributed by atoms with E-state index in [9.17, 15) is 0 Å². The van der Waals surface area contributed by atoms with Crippen LogP contribution in [0, 0.1) is 5.92 Å². The molecule has 1 aromatic heterocycles. The van der Waals surface area contributed by atoms with Crippen LogP contribution in [-0.2, 0) is 10.2 Å². The minimum Gasteiger partial charge on any atom is -0.376 e. The molecule has 4 nitrogen and oxygen atoms in total. The summed E-state index contributed by atoms with van der Waals surface area (Å²) in [6.45, 7) is 7.69. The predicted molar refractivity (Wildman–Crippen MR) is 107 cm³/mol. The van der Waals surface area contributed by atoms with Gasteiger partial charge in [-0.05, 0) is 42.0 Å². The molecule has 3 heterocycles. The summed E-state index contributed by atoms with van der Waals surface area (Å²) in [5.74, 6) is 0.458. The summed E-state index contributed by atoms with van der Waals surface area (Å²) in [6.07, 6.45) is 4.64. The third kappa shape index (κ3) is 2.90. The molecule has 0 radical (unpaired) electrons. The Morgan fingerprint density at radius 1 is 1.19 bits per heavy atom. The lowest BCUT2D eigenvalue weighted by Crippen LogP contribution is -2.39. The largest absolute Gasteiger partial charge is 0.376 e. The van der Waals surface area contributed by atoms with Crippen molar-refractivity contribution >= 4 is 5.69 Å². The first-order valence-corrected chi connectivity index (χ1v) is 9.73. The van der Waals surface area contributed by atoms with Crippen molar-refractivity contribution in [1.29, 1.82) is 0 Å². The Bertz CT molecular complexity index is 787. The Hall–Kier alpha value is -1.94. The van der Waals surface area contributed by atoms with E-state index in [0.29, 0.717) is 5.92 Å². The number of fused-ring (bicyclic) bond motifs is 3. The van der Waals surface area contributed by atoms with Crippen molar-refractivity contribution in [2.75, 3.05) is 31.0 Å². The monoisotopic (exact) mass is 353 g/mol. The van der Waals surface area contributed by atoms with Crippen LogP contribution in [0.25, 0.3) is 0 Å². The molecule has 1 N–H and O–H groups in total. The zero-order valence-corrected chi connectivity index (χ0v) is 16.6. The van der Waals surface area contributed by atoms with Gasteiger partial charge in [0.2, 0.25) is 0 Å². The average Bonchev–Trinajstić information content (AvgIpc) is 3.09. The van der Waals surface area contributed by atoms with Gasteiger partial charge in [0.15, 0.2) is 0 Å². The van der Waals surface area contributed by atoms with Gasteiger partial charge in [-0.2, -0.15) is 0 Å². The second-order valence-electron chi connectivity index (χ2n) is 8.90. The number of rotatable bonds is 2. The number of hydrogen-bond donors (Lipinski definition) is 1. The second kappa shape index (κ2) is 6.34. The molecule has 1 aromatic carbocycles. The zero-order chi connectivity index (χ0) is 18.5. The van der Waals surface area contributed by atoms with Crippen LogP contribution in [0.4, 0.5) is 5.69 Å². The molecule has 2 aromatic rings. The van der Waals surface area contributed by atoms with Gasteiger partial charge >= 0.3 is 0 Å². The van der Waals surface area contributed by atoms with E-state index in [-0.39, 0.29) is 17.6 Å². The van der Waals surface area contributed by atoms with E-state index < -0.39 is 0 Å². The number of benzene rings is 1. The summed E-state index contributed by atoms with van der Waals surface area (Å²) in [5, 5.41) is 5.98. The number of hydrogen-bond acceptors (Lipinski definition) is 3. The van der Waals surface area contributed by atoms with Crippen molar-refractivity contribution in [2.45, 2.75) is 51.2 Å². The van der Waals surface area contributed by atoms with Gasteiger partial charge in [0.25, 0.3) is 0 Å². The van der Waals surface area contributed by atoms with Gasteiger partial charge in [0, 0.05) is 44.1 Å². The summed E-state index contributed by atoms with van der Waals surface area (Å²) in [7, 11) is 4.18. The summed E-state index contributed by atoms with van der Waals surface area (Å²) < 4.78 is 8.58. The molecule has 0 aliphatic carbocycles. The quantitative estimate of drug-likeness (QED) is 0.854. The Balaban J connectivity index is 1.78.